The van der Waals surface area contributed by atoms with Gasteiger partial charge in [-0.05, 0) is 48.4 Å². The number of amides is 1. The van der Waals surface area contributed by atoms with Crippen LogP contribution in [0.5, 0.6) is 0 Å². The second-order valence-corrected chi connectivity index (χ2v) is 7.97. The molecule has 0 atom stereocenters. The molecule has 0 aliphatic carbocycles. The van der Waals surface area contributed by atoms with E-state index in [1.165, 1.54) is 0 Å². The number of hydrogen-bond acceptors (Lipinski definition) is 4. The van der Waals surface area contributed by atoms with Gasteiger partial charge in [0.25, 0.3) is 5.91 Å². The van der Waals surface area contributed by atoms with Crippen LogP contribution in [0.15, 0.2) is 61.2 Å². The van der Waals surface area contributed by atoms with Gasteiger partial charge in [0, 0.05) is 30.2 Å². The molecule has 0 fully saturated rings. The van der Waals surface area contributed by atoms with E-state index in [0.29, 0.717) is 23.4 Å². The molecule has 1 amide bonds. The molecule has 0 bridgehead atoms. The topological polar surface area (TPSA) is 93.1 Å². The van der Waals surface area contributed by atoms with Gasteiger partial charge in [0.15, 0.2) is 0 Å². The fraction of sp³-hybridized carbons (Fsp3) is 0.158. The zero-order valence-electron chi connectivity index (χ0n) is 15.0. The van der Waals surface area contributed by atoms with E-state index >= 15 is 0 Å². The molecule has 27 heavy (non-hydrogen) atoms. The number of nitrogens with one attached hydrogen (secondary N) is 2. The Kier molecular flexibility index (Phi) is 5.27. The third-order valence-corrected chi connectivity index (χ3v) is 4.57. The van der Waals surface area contributed by atoms with E-state index in [4.69, 9.17) is 0 Å². The third-order valence-electron chi connectivity index (χ3n) is 3.98. The molecule has 0 aliphatic rings. The van der Waals surface area contributed by atoms with Crippen molar-refractivity contribution in [3.63, 3.8) is 0 Å². The summed E-state index contributed by atoms with van der Waals surface area (Å²) in [4.78, 5) is 16.4. The number of sulfonamides is 1. The fourth-order valence-corrected chi connectivity index (χ4v) is 3.23. The van der Waals surface area contributed by atoms with E-state index in [0.717, 1.165) is 17.5 Å². The van der Waals surface area contributed by atoms with Gasteiger partial charge in [0.2, 0.25) is 10.0 Å². The minimum Gasteiger partial charge on any atom is -0.348 e. The summed E-state index contributed by atoms with van der Waals surface area (Å²) in [6.07, 6.45) is 6.39. The van der Waals surface area contributed by atoms with Gasteiger partial charge in [-0.3, -0.25) is 9.52 Å². The smallest absolute Gasteiger partial charge is 0.251 e. The van der Waals surface area contributed by atoms with E-state index in [1.807, 2.05) is 35.0 Å². The van der Waals surface area contributed by atoms with Crippen molar-refractivity contribution >= 4 is 21.6 Å². The monoisotopic (exact) mass is 384 g/mol. The highest BCUT2D eigenvalue weighted by Gasteiger charge is 2.10. The molecule has 0 aliphatic heterocycles. The molecule has 0 radical (unpaired) electrons. The highest BCUT2D eigenvalue weighted by molar-refractivity contribution is 7.92. The van der Waals surface area contributed by atoms with E-state index in [-0.39, 0.29) is 5.91 Å². The number of aromatic nitrogens is 2. The number of nitrogens with zero attached hydrogens (tertiary/aromatic N) is 2. The molecule has 3 aromatic rings. The van der Waals surface area contributed by atoms with Gasteiger partial charge in [0.1, 0.15) is 0 Å². The van der Waals surface area contributed by atoms with Crippen molar-refractivity contribution in [1.29, 1.82) is 0 Å². The quantitative estimate of drug-likeness (QED) is 0.683. The number of aryl methyl sites for hydroxylation is 1. The van der Waals surface area contributed by atoms with Gasteiger partial charge in [0.05, 0.1) is 18.3 Å². The molecule has 7 nitrogen and oxygen atoms in total. The number of hydrogen-bond donors (Lipinski definition) is 2. The van der Waals surface area contributed by atoms with Crippen molar-refractivity contribution in [2.45, 2.75) is 13.5 Å². The average molecular weight is 384 g/mol. The highest BCUT2D eigenvalue weighted by atomic mass is 32.2. The largest absolute Gasteiger partial charge is 0.348 e. The van der Waals surface area contributed by atoms with Gasteiger partial charge in [-0.25, -0.2) is 13.4 Å². The molecule has 2 N–H and O–H groups in total. The average Bonchev–Trinajstić information content (AvgIpc) is 3.15. The van der Waals surface area contributed by atoms with Crippen LogP contribution in [0.3, 0.4) is 0 Å². The van der Waals surface area contributed by atoms with Crippen LogP contribution < -0.4 is 10.0 Å². The summed E-state index contributed by atoms with van der Waals surface area (Å²) in [5.74, 6) is -0.220. The second-order valence-electron chi connectivity index (χ2n) is 6.22. The van der Waals surface area contributed by atoms with Crippen LogP contribution in [0.1, 0.15) is 21.5 Å². The molecule has 0 unspecified atom stereocenters. The first kappa shape index (κ1) is 18.7. The van der Waals surface area contributed by atoms with Crippen LogP contribution >= 0.6 is 0 Å². The number of carbonyl (C=O) groups is 1. The van der Waals surface area contributed by atoms with Crippen molar-refractivity contribution in [2.24, 2.45) is 0 Å². The Labute approximate surface area is 158 Å². The summed E-state index contributed by atoms with van der Waals surface area (Å²) in [5, 5.41) is 2.87. The molecule has 0 saturated heterocycles. The Bertz CT molecular complexity index is 1040. The van der Waals surface area contributed by atoms with Crippen molar-refractivity contribution in [2.75, 3.05) is 11.0 Å². The SMILES string of the molecule is Cc1cc(C(=O)NCc2ccc(-n3ccnc3)cc2)ccc1NS(C)(=O)=O. The molecule has 3 rings (SSSR count). The Morgan fingerprint density at radius 3 is 2.48 bits per heavy atom. The van der Waals surface area contributed by atoms with E-state index in [9.17, 15) is 13.2 Å². The second kappa shape index (κ2) is 7.63. The van der Waals surface area contributed by atoms with Gasteiger partial charge < -0.3 is 9.88 Å². The Morgan fingerprint density at radius 2 is 1.89 bits per heavy atom. The maximum absolute atomic E-state index is 12.4. The predicted octanol–water partition coefficient (Wildman–Crippen LogP) is 2.48. The van der Waals surface area contributed by atoms with Gasteiger partial charge in [-0.1, -0.05) is 12.1 Å². The summed E-state index contributed by atoms with van der Waals surface area (Å²) in [6, 6.07) is 12.6. The van der Waals surface area contributed by atoms with Gasteiger partial charge >= 0.3 is 0 Å². The normalized spacial score (nSPS) is 11.2. The maximum Gasteiger partial charge on any atom is 0.251 e. The molecular formula is C19H20N4O3S. The molecule has 2 aromatic carbocycles. The molecule has 1 heterocycles. The molecular weight excluding hydrogens is 364 g/mol. The Balaban J connectivity index is 1.63. The zero-order chi connectivity index (χ0) is 19.4. The number of imidazole rings is 1. The van der Waals surface area contributed by atoms with Crippen LogP contribution in [0, 0.1) is 6.92 Å². The Morgan fingerprint density at radius 1 is 1.15 bits per heavy atom. The standard InChI is InChI=1S/C19H20N4O3S/c1-14-11-16(5-8-18(14)22-27(2,25)26)19(24)21-12-15-3-6-17(7-4-15)23-10-9-20-13-23/h3-11,13,22H,12H2,1-2H3,(H,21,24). The molecule has 0 saturated carbocycles. The lowest BCUT2D eigenvalue weighted by Crippen LogP contribution is -2.23. The van der Waals surface area contributed by atoms with E-state index in [2.05, 4.69) is 15.0 Å². The fourth-order valence-electron chi connectivity index (χ4n) is 2.60. The van der Waals surface area contributed by atoms with Crippen molar-refractivity contribution < 1.29 is 13.2 Å². The zero-order valence-corrected chi connectivity index (χ0v) is 15.8. The molecule has 0 spiro atoms. The summed E-state index contributed by atoms with van der Waals surface area (Å²) >= 11 is 0. The number of carbonyl (C=O) groups excluding carboxylic acids is 1. The summed E-state index contributed by atoms with van der Waals surface area (Å²) in [7, 11) is -3.36. The van der Waals surface area contributed by atoms with E-state index in [1.54, 1.807) is 37.6 Å². The van der Waals surface area contributed by atoms with Crippen molar-refractivity contribution in [1.82, 2.24) is 14.9 Å². The summed E-state index contributed by atoms with van der Waals surface area (Å²) in [6.45, 7) is 2.14. The predicted molar refractivity (Wildman–Crippen MR) is 104 cm³/mol. The number of anilines is 1. The minimum atomic E-state index is -3.36. The van der Waals surface area contributed by atoms with Gasteiger partial charge in [-0.15, -0.1) is 0 Å². The minimum absolute atomic E-state index is 0.220. The lowest BCUT2D eigenvalue weighted by Gasteiger charge is -2.10. The summed E-state index contributed by atoms with van der Waals surface area (Å²) in [5.41, 5.74) is 3.58. The number of benzene rings is 2. The molecule has 1 aromatic heterocycles. The first-order valence-corrected chi connectivity index (χ1v) is 10.1. The first-order chi connectivity index (χ1) is 12.8. The van der Waals surface area contributed by atoms with Crippen LogP contribution in [0.2, 0.25) is 0 Å². The molecule has 8 heteroatoms. The highest BCUT2D eigenvalue weighted by Crippen LogP contribution is 2.18. The maximum atomic E-state index is 12.4. The third kappa shape index (κ3) is 4.95. The van der Waals surface area contributed by atoms with E-state index < -0.39 is 10.0 Å². The van der Waals surface area contributed by atoms with Crippen LogP contribution in [-0.4, -0.2) is 30.1 Å². The van der Waals surface area contributed by atoms with Crippen LogP contribution in [0.25, 0.3) is 5.69 Å². The first-order valence-electron chi connectivity index (χ1n) is 8.26. The Hall–Kier alpha value is -3.13. The van der Waals surface area contributed by atoms with Crippen LogP contribution in [-0.2, 0) is 16.6 Å². The lowest BCUT2D eigenvalue weighted by atomic mass is 10.1. The van der Waals surface area contributed by atoms with Crippen molar-refractivity contribution in [3.8, 4) is 5.69 Å². The van der Waals surface area contributed by atoms with Crippen molar-refractivity contribution in [3.05, 3.63) is 77.9 Å². The summed E-state index contributed by atoms with van der Waals surface area (Å²) < 4.78 is 27.0. The lowest BCUT2D eigenvalue weighted by molar-refractivity contribution is 0.0951. The van der Waals surface area contributed by atoms with Gasteiger partial charge in [-0.2, -0.15) is 0 Å². The van der Waals surface area contributed by atoms with Crippen LogP contribution in [0.4, 0.5) is 5.69 Å². The number of rotatable bonds is 6. The molecule has 140 valence electrons.